The van der Waals surface area contributed by atoms with Crippen molar-refractivity contribution < 1.29 is 19.1 Å². The van der Waals surface area contributed by atoms with E-state index < -0.39 is 5.91 Å². The lowest BCUT2D eigenvalue weighted by atomic mass is 9.87. The minimum atomic E-state index is -0.517. The fraction of sp³-hybridized carbons (Fsp3) is 0.259. The molecule has 0 atom stereocenters. The fourth-order valence-electron chi connectivity index (χ4n) is 3.26. The van der Waals surface area contributed by atoms with Crippen LogP contribution in [-0.2, 0) is 12.0 Å². The molecule has 0 unspecified atom stereocenters. The molecule has 0 bridgehead atoms. The average molecular weight is 447 g/mol. The van der Waals surface area contributed by atoms with Gasteiger partial charge in [-0.3, -0.25) is 9.59 Å². The van der Waals surface area contributed by atoms with Crippen LogP contribution < -0.4 is 20.5 Å². The minimum absolute atomic E-state index is 0.0720. The Labute approximate surface area is 194 Å². The van der Waals surface area contributed by atoms with E-state index in [0.29, 0.717) is 29.2 Å². The zero-order valence-electron chi connectivity index (χ0n) is 19.5. The third-order valence-corrected chi connectivity index (χ3v) is 5.16. The molecule has 2 amide bonds. The van der Waals surface area contributed by atoms with Crippen molar-refractivity contribution in [3.8, 4) is 11.5 Å². The van der Waals surface area contributed by atoms with Gasteiger partial charge < -0.3 is 20.5 Å². The molecule has 0 heterocycles. The second kappa shape index (κ2) is 10.2. The molecule has 6 nitrogen and oxygen atoms in total. The largest absolute Gasteiger partial charge is 0.493 e. The number of hydrogen-bond acceptors (Lipinski definition) is 4. The van der Waals surface area contributed by atoms with E-state index in [0.717, 1.165) is 11.3 Å². The van der Waals surface area contributed by atoms with Gasteiger partial charge in [0.25, 0.3) is 5.91 Å². The highest BCUT2D eigenvalue weighted by Gasteiger charge is 2.14. The molecule has 3 N–H and O–H groups in total. The Hall–Kier alpha value is -3.80. The smallest absolute Gasteiger partial charge is 0.255 e. The quantitative estimate of drug-likeness (QED) is 0.490. The number of carbonyl (C=O) groups is 2. The van der Waals surface area contributed by atoms with Crippen molar-refractivity contribution in [2.45, 2.75) is 39.7 Å². The van der Waals surface area contributed by atoms with Gasteiger partial charge >= 0.3 is 0 Å². The molecule has 0 saturated heterocycles. The van der Waals surface area contributed by atoms with Gasteiger partial charge in [-0.25, -0.2) is 0 Å². The summed E-state index contributed by atoms with van der Waals surface area (Å²) in [5.41, 5.74) is 8.75. The molecule has 0 aliphatic carbocycles. The van der Waals surface area contributed by atoms with Crippen LogP contribution in [0.2, 0.25) is 0 Å². The Kier molecular flexibility index (Phi) is 7.38. The molecule has 0 spiro atoms. The van der Waals surface area contributed by atoms with Gasteiger partial charge in [-0.1, -0.05) is 32.9 Å². The molecular formula is C27H30N2O4. The summed E-state index contributed by atoms with van der Waals surface area (Å²) in [7, 11) is 0. The number of amides is 2. The van der Waals surface area contributed by atoms with Gasteiger partial charge in [0.05, 0.1) is 6.61 Å². The van der Waals surface area contributed by atoms with E-state index in [1.807, 2.05) is 19.1 Å². The molecule has 3 rings (SSSR count). The van der Waals surface area contributed by atoms with Crippen molar-refractivity contribution in [1.29, 1.82) is 0 Å². The lowest BCUT2D eigenvalue weighted by Crippen LogP contribution is -2.14. The molecular weight excluding hydrogens is 416 g/mol. The maximum absolute atomic E-state index is 12.8. The fourth-order valence-corrected chi connectivity index (χ4v) is 3.26. The lowest BCUT2D eigenvalue weighted by Gasteiger charge is -2.19. The summed E-state index contributed by atoms with van der Waals surface area (Å²) in [5.74, 6) is 0.624. The third-order valence-electron chi connectivity index (χ3n) is 5.16. The van der Waals surface area contributed by atoms with Crippen LogP contribution >= 0.6 is 0 Å². The number of carbonyl (C=O) groups excluding carboxylic acids is 2. The summed E-state index contributed by atoms with van der Waals surface area (Å²) in [4.78, 5) is 24.0. The Balaban J connectivity index is 1.74. The SMILES string of the molecule is CCOc1ccc(C(=O)Nc2ccc(C(N)=O)cc2)cc1COc1ccc(C(C)(C)C)cc1. The van der Waals surface area contributed by atoms with Gasteiger partial charge in [0.1, 0.15) is 18.1 Å². The van der Waals surface area contributed by atoms with Crippen molar-refractivity contribution in [3.63, 3.8) is 0 Å². The standard InChI is InChI=1S/C27H30N2O4/c1-5-32-24-15-8-19(26(31)29-22-11-6-18(7-12-22)25(28)30)16-20(24)17-33-23-13-9-21(10-14-23)27(2,3)4/h6-16H,5,17H2,1-4H3,(H2,28,30)(H,29,31). The summed E-state index contributed by atoms with van der Waals surface area (Å²) in [6.45, 7) is 9.18. The Morgan fingerprint density at radius 3 is 2.09 bits per heavy atom. The number of nitrogens with two attached hydrogens (primary N) is 1. The number of primary amides is 1. The Bertz CT molecular complexity index is 1110. The molecule has 3 aromatic rings. The summed E-state index contributed by atoms with van der Waals surface area (Å²) in [5, 5.41) is 2.82. The normalized spacial score (nSPS) is 11.0. The number of benzene rings is 3. The van der Waals surface area contributed by atoms with Gasteiger partial charge in [0.15, 0.2) is 0 Å². The minimum Gasteiger partial charge on any atom is -0.493 e. The van der Waals surface area contributed by atoms with Crippen LogP contribution in [0.4, 0.5) is 5.69 Å². The molecule has 0 radical (unpaired) electrons. The maximum atomic E-state index is 12.8. The molecule has 172 valence electrons. The second-order valence-electron chi connectivity index (χ2n) is 8.71. The number of ether oxygens (including phenoxy) is 2. The first-order valence-electron chi connectivity index (χ1n) is 10.9. The van der Waals surface area contributed by atoms with E-state index in [1.165, 1.54) is 5.56 Å². The first-order valence-corrected chi connectivity index (χ1v) is 10.9. The van der Waals surface area contributed by atoms with Crippen LogP contribution in [0.5, 0.6) is 11.5 Å². The molecule has 3 aromatic carbocycles. The van der Waals surface area contributed by atoms with Crippen LogP contribution in [0.15, 0.2) is 66.7 Å². The van der Waals surface area contributed by atoms with E-state index in [2.05, 4.69) is 38.2 Å². The van der Waals surface area contributed by atoms with Crippen LogP contribution in [0.3, 0.4) is 0 Å². The van der Waals surface area contributed by atoms with E-state index in [4.69, 9.17) is 15.2 Å². The van der Waals surface area contributed by atoms with Gasteiger partial charge in [-0.15, -0.1) is 0 Å². The Morgan fingerprint density at radius 1 is 0.879 bits per heavy atom. The van der Waals surface area contributed by atoms with Gasteiger partial charge in [0, 0.05) is 22.4 Å². The average Bonchev–Trinajstić information content (AvgIpc) is 2.78. The molecule has 0 aliphatic heterocycles. The van der Waals surface area contributed by atoms with Crippen molar-refractivity contribution in [1.82, 2.24) is 0 Å². The number of hydrogen-bond donors (Lipinski definition) is 2. The first kappa shape index (κ1) is 23.9. The van der Waals surface area contributed by atoms with Crippen LogP contribution in [0, 0.1) is 0 Å². The third kappa shape index (κ3) is 6.35. The topological polar surface area (TPSA) is 90.6 Å². The number of rotatable bonds is 8. The maximum Gasteiger partial charge on any atom is 0.255 e. The van der Waals surface area contributed by atoms with Gasteiger partial charge in [-0.2, -0.15) is 0 Å². The number of anilines is 1. The highest BCUT2D eigenvalue weighted by molar-refractivity contribution is 6.04. The monoisotopic (exact) mass is 446 g/mol. The van der Waals surface area contributed by atoms with Crippen LogP contribution in [0.1, 0.15) is 59.5 Å². The molecule has 0 aliphatic rings. The Morgan fingerprint density at radius 2 is 1.52 bits per heavy atom. The molecule has 0 aromatic heterocycles. The van der Waals surface area contributed by atoms with Crippen LogP contribution in [-0.4, -0.2) is 18.4 Å². The highest BCUT2D eigenvalue weighted by atomic mass is 16.5. The van der Waals surface area contributed by atoms with Gasteiger partial charge in [-0.05, 0) is 72.5 Å². The summed E-state index contributed by atoms with van der Waals surface area (Å²) < 4.78 is 11.7. The molecule has 0 saturated carbocycles. The first-order chi connectivity index (χ1) is 15.7. The predicted molar refractivity (Wildman–Crippen MR) is 130 cm³/mol. The molecule has 6 heteroatoms. The van der Waals surface area contributed by atoms with E-state index in [9.17, 15) is 9.59 Å². The zero-order chi connectivity index (χ0) is 24.0. The van der Waals surface area contributed by atoms with Crippen molar-refractivity contribution in [3.05, 3.63) is 89.0 Å². The van der Waals surface area contributed by atoms with E-state index in [-0.39, 0.29) is 17.9 Å². The van der Waals surface area contributed by atoms with E-state index >= 15 is 0 Å². The number of nitrogens with one attached hydrogen (secondary N) is 1. The van der Waals surface area contributed by atoms with Gasteiger partial charge in [0.2, 0.25) is 5.91 Å². The van der Waals surface area contributed by atoms with E-state index in [1.54, 1.807) is 42.5 Å². The second-order valence-corrected chi connectivity index (χ2v) is 8.71. The molecule has 0 fully saturated rings. The molecule has 33 heavy (non-hydrogen) atoms. The van der Waals surface area contributed by atoms with Crippen molar-refractivity contribution in [2.75, 3.05) is 11.9 Å². The highest BCUT2D eigenvalue weighted by Crippen LogP contribution is 2.26. The predicted octanol–water partition coefficient (Wildman–Crippen LogP) is 5.31. The van der Waals surface area contributed by atoms with Crippen molar-refractivity contribution in [2.24, 2.45) is 5.73 Å². The summed E-state index contributed by atoms with van der Waals surface area (Å²) >= 11 is 0. The summed E-state index contributed by atoms with van der Waals surface area (Å²) in [6.07, 6.45) is 0. The van der Waals surface area contributed by atoms with Crippen LogP contribution in [0.25, 0.3) is 0 Å². The zero-order valence-corrected chi connectivity index (χ0v) is 19.5. The summed E-state index contributed by atoms with van der Waals surface area (Å²) in [6, 6.07) is 19.7. The lowest BCUT2D eigenvalue weighted by molar-refractivity contribution is 0.0998. The van der Waals surface area contributed by atoms with Crippen molar-refractivity contribution >= 4 is 17.5 Å².